The van der Waals surface area contributed by atoms with E-state index in [0.29, 0.717) is 31.6 Å². The molecule has 2 N–H and O–H groups in total. The van der Waals surface area contributed by atoms with Crippen molar-refractivity contribution in [1.29, 1.82) is 5.26 Å². The molecule has 0 spiro atoms. The highest BCUT2D eigenvalue weighted by molar-refractivity contribution is 5.93. The predicted molar refractivity (Wildman–Crippen MR) is 97.0 cm³/mol. The Balaban J connectivity index is 2.31. The second-order valence-corrected chi connectivity index (χ2v) is 6.89. The Kier molecular flexibility index (Phi) is 5.03. The normalized spacial score (nSPS) is 19.3. The van der Waals surface area contributed by atoms with Crippen molar-refractivity contribution in [2.75, 3.05) is 13.7 Å². The number of fused-ring (bicyclic) bond motifs is 3. The van der Waals surface area contributed by atoms with Crippen LogP contribution in [-0.4, -0.2) is 29.8 Å². The molecule has 0 saturated carbocycles. The van der Waals surface area contributed by atoms with Crippen molar-refractivity contribution in [3.05, 3.63) is 34.0 Å². The lowest BCUT2D eigenvalue weighted by Crippen LogP contribution is -2.37. The molecule has 1 aromatic carbocycles. The number of nitrogens with zero attached hydrogens (tertiary/aromatic N) is 1. The number of aromatic nitrogens is 1. The van der Waals surface area contributed by atoms with Gasteiger partial charge in [0.15, 0.2) is 0 Å². The molecule has 0 aliphatic carbocycles. The van der Waals surface area contributed by atoms with Gasteiger partial charge in [-0.15, -0.1) is 0 Å². The number of rotatable bonds is 6. The first-order valence-electron chi connectivity index (χ1n) is 8.89. The minimum Gasteiger partial charge on any atom is -0.481 e. The van der Waals surface area contributed by atoms with E-state index < -0.39 is 11.6 Å². The van der Waals surface area contributed by atoms with Crippen LogP contribution < -0.4 is 0 Å². The number of methoxy groups -OCH3 is 1. The molecule has 1 atom stereocenters. The van der Waals surface area contributed by atoms with Crippen LogP contribution in [-0.2, 0) is 32.9 Å². The van der Waals surface area contributed by atoms with Gasteiger partial charge in [-0.05, 0) is 42.5 Å². The molecule has 6 heteroatoms. The van der Waals surface area contributed by atoms with E-state index in [1.807, 2.05) is 19.9 Å². The Bertz CT molecular complexity index is 894. The van der Waals surface area contributed by atoms with Crippen molar-refractivity contribution in [3.8, 4) is 6.07 Å². The third-order valence-corrected chi connectivity index (χ3v) is 5.25. The monoisotopic (exact) mass is 356 g/mol. The summed E-state index contributed by atoms with van der Waals surface area (Å²) in [5.74, 6) is -0.887. The summed E-state index contributed by atoms with van der Waals surface area (Å²) in [7, 11) is 1.63. The van der Waals surface area contributed by atoms with E-state index in [2.05, 4.69) is 11.1 Å². The number of hydrogen-bond acceptors (Lipinski definition) is 4. The van der Waals surface area contributed by atoms with Gasteiger partial charge >= 0.3 is 5.97 Å². The first-order valence-corrected chi connectivity index (χ1v) is 8.89. The van der Waals surface area contributed by atoms with Crippen molar-refractivity contribution >= 4 is 16.9 Å². The van der Waals surface area contributed by atoms with Gasteiger partial charge in [-0.2, -0.15) is 5.26 Å². The molecule has 0 saturated heterocycles. The molecule has 0 amide bonds. The summed E-state index contributed by atoms with van der Waals surface area (Å²) in [6, 6.07) is 4.18. The maximum absolute atomic E-state index is 11.5. The van der Waals surface area contributed by atoms with Crippen LogP contribution in [0.2, 0.25) is 0 Å². The second kappa shape index (κ2) is 7.10. The number of carbonyl (C=O) groups is 1. The Morgan fingerprint density at radius 2 is 2.31 bits per heavy atom. The number of aromatic amines is 1. The smallest absolute Gasteiger partial charge is 0.306 e. The summed E-state index contributed by atoms with van der Waals surface area (Å²) < 4.78 is 11.3. The predicted octanol–water partition coefficient (Wildman–Crippen LogP) is 3.54. The number of nitrogens with one attached hydrogen (secondary N) is 1. The van der Waals surface area contributed by atoms with E-state index >= 15 is 0 Å². The van der Waals surface area contributed by atoms with Crippen molar-refractivity contribution in [2.24, 2.45) is 0 Å². The number of aliphatic carboxylic acids is 1. The molecule has 0 radical (unpaired) electrons. The number of H-pyrrole nitrogens is 1. The number of carboxylic acid groups (broad SMARTS) is 1. The van der Waals surface area contributed by atoms with Gasteiger partial charge in [0.2, 0.25) is 0 Å². The first kappa shape index (κ1) is 18.4. The average Bonchev–Trinajstić information content (AvgIpc) is 2.99. The van der Waals surface area contributed by atoms with Gasteiger partial charge in [0.1, 0.15) is 5.60 Å². The summed E-state index contributed by atoms with van der Waals surface area (Å²) in [6.45, 7) is 4.90. The molecule has 1 aliphatic rings. The van der Waals surface area contributed by atoms with Gasteiger partial charge in [-0.3, -0.25) is 4.79 Å². The molecule has 2 heterocycles. The summed E-state index contributed by atoms with van der Waals surface area (Å²) >= 11 is 0. The summed E-state index contributed by atoms with van der Waals surface area (Å²) in [5.41, 5.74) is 4.43. The molecule has 1 unspecified atom stereocenters. The van der Waals surface area contributed by atoms with Crippen LogP contribution in [0, 0.1) is 18.3 Å². The van der Waals surface area contributed by atoms with Crippen LogP contribution in [0.25, 0.3) is 10.9 Å². The highest BCUT2D eigenvalue weighted by atomic mass is 16.5. The minimum absolute atomic E-state index is 0.0907. The lowest BCUT2D eigenvalue weighted by Gasteiger charge is -2.36. The Labute approximate surface area is 152 Å². The molecule has 1 aliphatic heterocycles. The fraction of sp³-hybridized carbons (Fsp3) is 0.500. The molecule has 0 fully saturated rings. The zero-order valence-corrected chi connectivity index (χ0v) is 15.4. The Hall–Kier alpha value is -2.36. The lowest BCUT2D eigenvalue weighted by atomic mass is 9.84. The molecule has 1 aromatic heterocycles. The first-order chi connectivity index (χ1) is 12.5. The number of hydrogen-bond donors (Lipinski definition) is 2. The maximum Gasteiger partial charge on any atom is 0.306 e. The minimum atomic E-state index is -0.887. The average molecular weight is 356 g/mol. The lowest BCUT2D eigenvalue weighted by molar-refractivity contribution is -0.149. The fourth-order valence-electron chi connectivity index (χ4n) is 4.16. The highest BCUT2D eigenvalue weighted by Gasteiger charge is 2.42. The van der Waals surface area contributed by atoms with Crippen molar-refractivity contribution < 1.29 is 19.4 Å². The van der Waals surface area contributed by atoms with Crippen LogP contribution in [0.3, 0.4) is 0 Å². The van der Waals surface area contributed by atoms with Gasteiger partial charge in [0, 0.05) is 12.5 Å². The number of benzene rings is 1. The Morgan fingerprint density at radius 1 is 1.54 bits per heavy atom. The zero-order chi connectivity index (χ0) is 18.9. The molecule has 0 bridgehead atoms. The van der Waals surface area contributed by atoms with Gasteiger partial charge < -0.3 is 19.6 Å². The van der Waals surface area contributed by atoms with Gasteiger partial charge in [0.25, 0.3) is 0 Å². The quantitative estimate of drug-likeness (QED) is 0.825. The topological polar surface area (TPSA) is 95.3 Å². The standard InChI is InChI=1S/C20H24N2O4/c1-4-6-20(9-16(23)24)19-15(5-7-26-20)17-13(10-21)8-14(11-25-3)12(2)18(17)22-19/h8,22H,4-7,9,11H2,1-3H3,(H,23,24). The number of nitriles is 1. The van der Waals surface area contributed by atoms with Crippen molar-refractivity contribution in [3.63, 3.8) is 0 Å². The maximum atomic E-state index is 11.5. The Morgan fingerprint density at radius 3 is 2.92 bits per heavy atom. The zero-order valence-electron chi connectivity index (χ0n) is 15.4. The van der Waals surface area contributed by atoms with Crippen LogP contribution in [0.5, 0.6) is 0 Å². The third kappa shape index (κ3) is 2.87. The summed E-state index contributed by atoms with van der Waals surface area (Å²) in [4.78, 5) is 15.0. The summed E-state index contributed by atoms with van der Waals surface area (Å²) in [6.07, 6.45) is 2.00. The number of ether oxygens (including phenoxy) is 2. The van der Waals surface area contributed by atoms with E-state index in [-0.39, 0.29) is 6.42 Å². The molecule has 138 valence electrons. The van der Waals surface area contributed by atoms with Crippen LogP contribution in [0.4, 0.5) is 0 Å². The highest BCUT2D eigenvalue weighted by Crippen LogP contribution is 2.44. The molecular weight excluding hydrogens is 332 g/mol. The van der Waals surface area contributed by atoms with E-state index in [1.165, 1.54) is 0 Å². The van der Waals surface area contributed by atoms with Crippen LogP contribution in [0.1, 0.15) is 54.1 Å². The van der Waals surface area contributed by atoms with E-state index in [4.69, 9.17) is 9.47 Å². The van der Waals surface area contributed by atoms with Gasteiger partial charge in [-0.25, -0.2) is 0 Å². The SMILES string of the molecule is CCCC1(CC(=O)O)OCCc2c1[nH]c1c(C)c(COC)cc(C#N)c21. The van der Waals surface area contributed by atoms with E-state index in [0.717, 1.165) is 39.7 Å². The van der Waals surface area contributed by atoms with Gasteiger partial charge in [0.05, 0.1) is 42.5 Å². The largest absolute Gasteiger partial charge is 0.481 e. The second-order valence-electron chi connectivity index (χ2n) is 6.89. The molecule has 26 heavy (non-hydrogen) atoms. The van der Waals surface area contributed by atoms with Crippen molar-refractivity contribution in [2.45, 2.75) is 51.7 Å². The molecular formula is C20H24N2O4. The van der Waals surface area contributed by atoms with E-state index in [1.54, 1.807) is 7.11 Å². The third-order valence-electron chi connectivity index (χ3n) is 5.25. The van der Waals surface area contributed by atoms with Crippen LogP contribution >= 0.6 is 0 Å². The van der Waals surface area contributed by atoms with Crippen LogP contribution in [0.15, 0.2) is 6.07 Å². The molecule has 2 aromatic rings. The molecule has 6 nitrogen and oxygen atoms in total. The molecule has 3 rings (SSSR count). The van der Waals surface area contributed by atoms with Crippen molar-refractivity contribution in [1.82, 2.24) is 4.98 Å². The summed E-state index contributed by atoms with van der Waals surface area (Å²) in [5, 5.41) is 20.0. The fourth-order valence-corrected chi connectivity index (χ4v) is 4.16. The number of carboxylic acids is 1. The van der Waals surface area contributed by atoms with E-state index in [9.17, 15) is 15.2 Å². The number of aryl methyl sites for hydroxylation is 1. The van der Waals surface area contributed by atoms with Gasteiger partial charge in [-0.1, -0.05) is 13.3 Å².